The van der Waals surface area contributed by atoms with Crippen LogP contribution in [-0.2, 0) is 15.6 Å². The lowest BCUT2D eigenvalue weighted by molar-refractivity contribution is -0.107. The van der Waals surface area contributed by atoms with Crippen molar-refractivity contribution in [1.82, 2.24) is 0 Å². The Morgan fingerprint density at radius 2 is 2.10 bits per heavy atom. The molecular weight excluding hydrogens is 148 g/mol. The number of carbonyl (C=O) groups is 1. The van der Waals surface area contributed by atoms with E-state index >= 15 is 0 Å². The summed E-state index contributed by atoms with van der Waals surface area (Å²) in [6, 6.07) is 0. The van der Waals surface area contributed by atoms with E-state index in [4.69, 9.17) is 0 Å². The molecule has 2 unspecified atom stereocenters. The van der Waals surface area contributed by atoms with Gasteiger partial charge in [-0.1, -0.05) is 13.8 Å². The fourth-order valence-corrected chi connectivity index (χ4v) is 1.90. The Morgan fingerprint density at radius 1 is 1.50 bits per heavy atom. The third-order valence-corrected chi connectivity index (χ3v) is 3.23. The lowest BCUT2D eigenvalue weighted by Crippen LogP contribution is -2.17. The number of carbonyl (C=O) groups excluding carboxylic acids is 1. The fraction of sp³-hybridized carbons (Fsp3) is 0.857. The van der Waals surface area contributed by atoms with Gasteiger partial charge >= 0.3 is 0 Å². The van der Waals surface area contributed by atoms with Crippen LogP contribution in [0.3, 0.4) is 0 Å². The zero-order chi connectivity index (χ0) is 7.98. The van der Waals surface area contributed by atoms with Crippen LogP contribution < -0.4 is 0 Å². The van der Waals surface area contributed by atoms with Crippen molar-refractivity contribution in [2.75, 3.05) is 5.75 Å². The van der Waals surface area contributed by atoms with Gasteiger partial charge in [-0.25, -0.2) is 0 Å². The van der Waals surface area contributed by atoms with Crippen molar-refractivity contribution in [2.45, 2.75) is 31.9 Å². The van der Waals surface area contributed by atoms with Crippen molar-refractivity contribution < 1.29 is 9.00 Å². The lowest BCUT2D eigenvalue weighted by Gasteiger charge is -2.04. The first-order valence-electron chi connectivity index (χ1n) is 3.58. The van der Waals surface area contributed by atoms with Gasteiger partial charge in [-0.05, 0) is 12.8 Å². The Morgan fingerprint density at radius 3 is 2.40 bits per heavy atom. The van der Waals surface area contributed by atoms with Crippen LogP contribution in [0.15, 0.2) is 0 Å². The van der Waals surface area contributed by atoms with Crippen LogP contribution in [0.25, 0.3) is 0 Å². The minimum Gasteiger partial charge on any atom is -0.302 e. The van der Waals surface area contributed by atoms with E-state index in [1.807, 2.05) is 13.8 Å². The largest absolute Gasteiger partial charge is 0.302 e. The predicted octanol–water partition coefficient (Wildman–Crippen LogP) is 1.12. The Bertz CT molecular complexity index is 123. The summed E-state index contributed by atoms with van der Waals surface area (Å²) in [5, 5.41) is -0.236. The molecule has 2 nitrogen and oxygen atoms in total. The van der Waals surface area contributed by atoms with Gasteiger partial charge in [0.05, 0.1) is 5.25 Å². The van der Waals surface area contributed by atoms with E-state index in [2.05, 4.69) is 0 Å². The van der Waals surface area contributed by atoms with E-state index in [-0.39, 0.29) is 5.25 Å². The smallest absolute Gasteiger partial charge is 0.135 e. The molecule has 0 radical (unpaired) electrons. The van der Waals surface area contributed by atoms with Crippen molar-refractivity contribution >= 4 is 17.1 Å². The van der Waals surface area contributed by atoms with E-state index in [9.17, 15) is 9.00 Å². The second-order valence-corrected chi connectivity index (χ2v) is 3.94. The van der Waals surface area contributed by atoms with Crippen LogP contribution in [-0.4, -0.2) is 21.5 Å². The van der Waals surface area contributed by atoms with Crippen molar-refractivity contribution in [3.05, 3.63) is 0 Å². The molecule has 0 saturated carbocycles. The highest BCUT2D eigenvalue weighted by atomic mass is 32.2. The first-order valence-corrected chi connectivity index (χ1v) is 4.96. The van der Waals surface area contributed by atoms with Gasteiger partial charge in [-0.3, -0.25) is 4.21 Å². The Balaban J connectivity index is 3.76. The van der Waals surface area contributed by atoms with Gasteiger partial charge in [0.25, 0.3) is 0 Å². The highest BCUT2D eigenvalue weighted by Crippen LogP contribution is 1.99. The maximum absolute atomic E-state index is 11.1. The molecule has 3 heteroatoms. The van der Waals surface area contributed by atoms with Gasteiger partial charge in [-0.2, -0.15) is 0 Å². The molecule has 0 aromatic rings. The van der Waals surface area contributed by atoms with Gasteiger partial charge in [0, 0.05) is 16.6 Å². The summed E-state index contributed by atoms with van der Waals surface area (Å²) in [5.74, 6) is 0.650. The van der Waals surface area contributed by atoms with Gasteiger partial charge in [0.2, 0.25) is 0 Å². The summed E-state index contributed by atoms with van der Waals surface area (Å²) < 4.78 is 11.1. The van der Waals surface area contributed by atoms with Crippen molar-refractivity contribution in [1.29, 1.82) is 0 Å². The number of aldehydes is 1. The molecule has 0 heterocycles. The lowest BCUT2D eigenvalue weighted by atomic mass is 10.4. The second-order valence-electron chi connectivity index (χ2n) is 2.17. The van der Waals surface area contributed by atoms with Crippen LogP contribution in [0, 0.1) is 0 Å². The number of rotatable bonds is 5. The highest BCUT2D eigenvalue weighted by Gasteiger charge is 2.11. The van der Waals surface area contributed by atoms with Crippen LogP contribution in [0.4, 0.5) is 0 Å². The molecule has 0 spiro atoms. The van der Waals surface area contributed by atoms with Crippen LogP contribution >= 0.6 is 0 Å². The Kier molecular flexibility index (Phi) is 5.49. The monoisotopic (exact) mass is 162 g/mol. The summed E-state index contributed by atoms with van der Waals surface area (Å²) in [4.78, 5) is 10.3. The summed E-state index contributed by atoms with van der Waals surface area (Å²) in [6.45, 7) is 3.85. The molecule has 0 bridgehead atoms. The maximum atomic E-state index is 11.1. The SMILES string of the molecule is CCCS(=O)C(C=O)CC. The number of hydrogen-bond donors (Lipinski definition) is 0. The van der Waals surface area contributed by atoms with E-state index < -0.39 is 10.8 Å². The average Bonchev–Trinajstić information content (AvgIpc) is 1.91. The third kappa shape index (κ3) is 3.11. The molecule has 0 rings (SSSR count). The topological polar surface area (TPSA) is 34.1 Å². The fourth-order valence-electron chi connectivity index (χ4n) is 0.697. The van der Waals surface area contributed by atoms with Gasteiger partial charge in [-0.15, -0.1) is 0 Å². The molecule has 0 aromatic heterocycles. The molecule has 0 saturated heterocycles. The van der Waals surface area contributed by atoms with Gasteiger partial charge in [0.1, 0.15) is 6.29 Å². The van der Waals surface area contributed by atoms with Crippen molar-refractivity contribution in [3.8, 4) is 0 Å². The number of hydrogen-bond acceptors (Lipinski definition) is 2. The Hall–Kier alpha value is -0.180. The molecule has 0 N–H and O–H groups in total. The van der Waals surface area contributed by atoms with Crippen molar-refractivity contribution in [2.24, 2.45) is 0 Å². The van der Waals surface area contributed by atoms with E-state index in [0.29, 0.717) is 12.2 Å². The summed E-state index contributed by atoms with van der Waals surface area (Å²) in [5.41, 5.74) is 0. The minimum absolute atomic E-state index is 0.236. The highest BCUT2D eigenvalue weighted by molar-refractivity contribution is 7.86. The first kappa shape index (κ1) is 9.82. The summed E-state index contributed by atoms with van der Waals surface area (Å²) in [7, 11) is -0.926. The molecule has 0 aliphatic heterocycles. The normalized spacial score (nSPS) is 16.2. The molecule has 0 aliphatic rings. The maximum Gasteiger partial charge on any atom is 0.135 e. The molecule has 0 amide bonds. The Labute approximate surface area is 64.5 Å². The van der Waals surface area contributed by atoms with Crippen LogP contribution in [0.2, 0.25) is 0 Å². The van der Waals surface area contributed by atoms with Crippen LogP contribution in [0.1, 0.15) is 26.7 Å². The van der Waals surface area contributed by atoms with Crippen molar-refractivity contribution in [3.63, 3.8) is 0 Å². The molecule has 0 aliphatic carbocycles. The predicted molar refractivity (Wildman–Crippen MR) is 43.4 cm³/mol. The zero-order valence-corrected chi connectivity index (χ0v) is 7.32. The van der Waals surface area contributed by atoms with E-state index in [1.54, 1.807) is 0 Å². The molecular formula is C7H14O2S. The van der Waals surface area contributed by atoms with Crippen LogP contribution in [0.5, 0.6) is 0 Å². The van der Waals surface area contributed by atoms with Gasteiger partial charge in [0.15, 0.2) is 0 Å². The molecule has 0 fully saturated rings. The van der Waals surface area contributed by atoms with E-state index in [0.717, 1.165) is 12.7 Å². The molecule has 2 atom stereocenters. The molecule has 10 heavy (non-hydrogen) atoms. The summed E-state index contributed by atoms with van der Waals surface area (Å²) in [6.07, 6.45) is 2.37. The third-order valence-electron chi connectivity index (χ3n) is 1.30. The quantitative estimate of drug-likeness (QED) is 0.568. The summed E-state index contributed by atoms with van der Waals surface area (Å²) >= 11 is 0. The average molecular weight is 162 g/mol. The first-order chi connectivity index (χ1) is 4.76. The standard InChI is InChI=1S/C7H14O2S/c1-3-5-10(9)7(4-2)6-8/h6-7H,3-5H2,1-2H3. The zero-order valence-electron chi connectivity index (χ0n) is 6.50. The van der Waals surface area contributed by atoms with E-state index in [1.165, 1.54) is 0 Å². The molecule has 60 valence electrons. The second kappa shape index (κ2) is 5.59. The molecule has 0 aromatic carbocycles. The minimum atomic E-state index is -0.926. The van der Waals surface area contributed by atoms with Gasteiger partial charge < -0.3 is 4.79 Å².